The van der Waals surface area contributed by atoms with E-state index in [9.17, 15) is 0 Å². The zero-order valence-electron chi connectivity index (χ0n) is 19.1. The third-order valence-electron chi connectivity index (χ3n) is 6.09. The minimum atomic E-state index is 0.702. The first kappa shape index (κ1) is 20.8. The van der Waals surface area contributed by atoms with Crippen molar-refractivity contribution in [2.24, 2.45) is 9.98 Å². The van der Waals surface area contributed by atoms with Crippen LogP contribution in [-0.4, -0.2) is 16.5 Å². The Morgan fingerprint density at radius 3 is 1.66 bits per heavy atom. The van der Waals surface area contributed by atoms with Crippen LogP contribution in [0.2, 0.25) is 0 Å². The summed E-state index contributed by atoms with van der Waals surface area (Å²) in [6, 6.07) is 43.5. The summed E-state index contributed by atoms with van der Waals surface area (Å²) in [5.41, 5.74) is 8.41. The highest BCUT2D eigenvalue weighted by Gasteiger charge is 2.20. The molecular weight excluding hydrogens is 427 g/mol. The smallest absolute Gasteiger partial charge is 0.162 e. The molecule has 0 saturated carbocycles. The Balaban J connectivity index is 1.52. The minimum Gasteiger partial charge on any atom is -0.339 e. The maximum absolute atomic E-state index is 5.12. The topological polar surface area (TPSA) is 40.5 Å². The Kier molecular flexibility index (Phi) is 5.50. The van der Waals surface area contributed by atoms with E-state index in [4.69, 9.17) is 9.98 Å². The summed E-state index contributed by atoms with van der Waals surface area (Å²) >= 11 is 0. The van der Waals surface area contributed by atoms with Crippen molar-refractivity contribution < 1.29 is 0 Å². The molecule has 1 aliphatic rings. The lowest BCUT2D eigenvalue weighted by atomic mass is 10.0. The number of hydrogen-bond acceptors (Lipinski definition) is 1. The van der Waals surface area contributed by atoms with Gasteiger partial charge in [0.25, 0.3) is 0 Å². The van der Waals surface area contributed by atoms with Crippen LogP contribution in [0, 0.1) is 0 Å². The molecule has 1 aromatic heterocycles. The van der Waals surface area contributed by atoms with E-state index in [1.54, 1.807) is 0 Å². The van der Waals surface area contributed by atoms with Crippen molar-refractivity contribution in [1.82, 2.24) is 4.98 Å². The van der Waals surface area contributed by atoms with Crippen LogP contribution in [0.5, 0.6) is 0 Å². The van der Waals surface area contributed by atoms with E-state index in [-0.39, 0.29) is 0 Å². The van der Waals surface area contributed by atoms with E-state index in [0.29, 0.717) is 5.84 Å². The van der Waals surface area contributed by atoms with Crippen LogP contribution in [-0.2, 0) is 0 Å². The van der Waals surface area contributed by atoms with E-state index in [0.717, 1.165) is 50.6 Å². The van der Waals surface area contributed by atoms with Crippen molar-refractivity contribution in [3.63, 3.8) is 0 Å². The molecule has 0 saturated heterocycles. The third-order valence-corrected chi connectivity index (χ3v) is 6.09. The lowest BCUT2D eigenvalue weighted by molar-refractivity contribution is 1.33. The monoisotopic (exact) mass is 450 g/mol. The number of nitrogens with one attached hydrogen (secondary N) is 1. The van der Waals surface area contributed by atoms with E-state index in [2.05, 4.69) is 77.8 Å². The summed E-state index contributed by atoms with van der Waals surface area (Å²) < 4.78 is 0. The SMILES string of the molecule is C1=C(c2ccccc2)/C(=[15N]/c2[nH]c(-c3ccccc3)cc2-c2ccccc2)N=C1c1ccccc1. The summed E-state index contributed by atoms with van der Waals surface area (Å²) in [6.45, 7) is 0. The molecule has 0 bridgehead atoms. The average Bonchev–Trinajstić information content (AvgIpc) is 3.56. The number of H-pyrrole nitrogens is 1. The molecule has 6 rings (SSSR count). The molecule has 4 aromatic carbocycles. The van der Waals surface area contributed by atoms with Crippen molar-refractivity contribution in [1.29, 1.82) is 0 Å². The van der Waals surface area contributed by atoms with E-state index in [1.807, 2.05) is 60.7 Å². The van der Waals surface area contributed by atoms with Crippen LogP contribution in [0.1, 0.15) is 11.1 Å². The summed E-state index contributed by atoms with van der Waals surface area (Å²) in [5, 5.41) is 0. The third kappa shape index (κ3) is 4.28. The lowest BCUT2D eigenvalue weighted by Gasteiger charge is -2.04. The summed E-state index contributed by atoms with van der Waals surface area (Å²) in [4.78, 5) is 13.7. The number of amidine groups is 1. The number of rotatable bonds is 5. The summed E-state index contributed by atoms with van der Waals surface area (Å²) in [6.07, 6.45) is 2.13. The zero-order valence-corrected chi connectivity index (χ0v) is 19.1. The Morgan fingerprint density at radius 1 is 0.543 bits per heavy atom. The van der Waals surface area contributed by atoms with Crippen LogP contribution in [0.15, 0.2) is 143 Å². The van der Waals surface area contributed by atoms with Crippen molar-refractivity contribution >= 4 is 22.9 Å². The Labute approximate surface area is 204 Å². The van der Waals surface area contributed by atoms with Crippen LogP contribution >= 0.6 is 0 Å². The van der Waals surface area contributed by atoms with Crippen molar-refractivity contribution in [3.8, 4) is 22.4 Å². The fourth-order valence-electron chi connectivity index (χ4n) is 4.33. The molecule has 0 spiro atoms. The number of benzene rings is 4. The number of nitrogens with zero attached hydrogens (tertiary/aromatic N) is 2. The normalized spacial score (nSPS) is 14.1. The first-order chi connectivity index (χ1) is 17.3. The molecule has 0 aliphatic carbocycles. The van der Waals surface area contributed by atoms with Gasteiger partial charge in [-0.25, -0.2) is 9.98 Å². The van der Waals surface area contributed by atoms with Crippen LogP contribution in [0.4, 0.5) is 5.82 Å². The highest BCUT2D eigenvalue weighted by Crippen LogP contribution is 2.36. The Morgan fingerprint density at radius 2 is 1.06 bits per heavy atom. The van der Waals surface area contributed by atoms with E-state index >= 15 is 0 Å². The molecule has 5 aromatic rings. The molecule has 2 heterocycles. The van der Waals surface area contributed by atoms with Crippen molar-refractivity contribution in [2.45, 2.75) is 0 Å². The first-order valence-corrected chi connectivity index (χ1v) is 11.7. The molecule has 35 heavy (non-hydrogen) atoms. The predicted octanol–water partition coefficient (Wildman–Crippen LogP) is 7.97. The molecule has 0 amide bonds. The fourth-order valence-corrected chi connectivity index (χ4v) is 4.33. The van der Waals surface area contributed by atoms with Gasteiger partial charge in [-0.15, -0.1) is 0 Å². The van der Waals surface area contributed by atoms with Gasteiger partial charge < -0.3 is 4.98 Å². The average molecular weight is 451 g/mol. The highest BCUT2D eigenvalue weighted by atomic mass is 15.6. The van der Waals surface area contributed by atoms with Crippen molar-refractivity contribution in [2.75, 3.05) is 0 Å². The molecule has 1 N–H and O–H groups in total. The zero-order chi connectivity index (χ0) is 23.5. The molecule has 0 atom stereocenters. The van der Waals surface area contributed by atoms with Gasteiger partial charge >= 0.3 is 0 Å². The molecule has 3 nitrogen and oxygen atoms in total. The van der Waals surface area contributed by atoms with Gasteiger partial charge in [0.05, 0.1) is 5.71 Å². The quantitative estimate of drug-likeness (QED) is 0.264. The van der Waals surface area contributed by atoms with Gasteiger partial charge in [-0.3, -0.25) is 0 Å². The van der Waals surface area contributed by atoms with Gasteiger partial charge in [-0.2, -0.15) is 0 Å². The molecule has 1 aliphatic heterocycles. The molecule has 3 heteroatoms. The number of hydrogen-bond donors (Lipinski definition) is 1. The van der Waals surface area contributed by atoms with Gasteiger partial charge in [0, 0.05) is 22.4 Å². The van der Waals surface area contributed by atoms with Gasteiger partial charge in [0.15, 0.2) is 5.84 Å². The molecule has 0 radical (unpaired) electrons. The first-order valence-electron chi connectivity index (χ1n) is 11.7. The van der Waals surface area contributed by atoms with Gasteiger partial charge in [0.2, 0.25) is 0 Å². The largest absolute Gasteiger partial charge is 0.339 e. The number of aliphatic imine (C=N–C) groups is 2. The maximum atomic E-state index is 5.12. The summed E-state index contributed by atoms with van der Waals surface area (Å²) in [5.74, 6) is 1.50. The number of allylic oxidation sites excluding steroid dienone is 1. The second-order valence-electron chi connectivity index (χ2n) is 8.40. The number of aromatic nitrogens is 1. The maximum Gasteiger partial charge on any atom is 0.162 e. The minimum absolute atomic E-state index is 0.702. The highest BCUT2D eigenvalue weighted by molar-refractivity contribution is 6.38. The van der Waals surface area contributed by atoms with Crippen LogP contribution < -0.4 is 0 Å². The standard InChI is InChI=1S/C32H23N3/c1-5-13-23(14-6-1)27-21-29(25-17-9-3-10-18-25)33-31(27)35-32-28(24-15-7-2-8-16-24)22-30(34-32)26-19-11-4-12-20-26/h1-22,33H/b35-32-/i35+1. The van der Waals surface area contributed by atoms with Crippen LogP contribution in [0.3, 0.4) is 0 Å². The summed E-state index contributed by atoms with van der Waals surface area (Å²) in [7, 11) is 0. The van der Waals surface area contributed by atoms with E-state index < -0.39 is 0 Å². The van der Waals surface area contributed by atoms with Gasteiger partial charge in [0.1, 0.15) is 5.82 Å². The fraction of sp³-hybridized carbons (Fsp3) is 0. The molecule has 0 fully saturated rings. The predicted molar refractivity (Wildman–Crippen MR) is 146 cm³/mol. The van der Waals surface area contributed by atoms with Gasteiger partial charge in [-0.05, 0) is 28.8 Å². The molecular formula is C32H23N3. The van der Waals surface area contributed by atoms with Crippen molar-refractivity contribution in [3.05, 3.63) is 145 Å². The molecule has 0 unspecified atom stereocenters. The molecule has 166 valence electrons. The number of aromatic amines is 1. The second-order valence-corrected chi connectivity index (χ2v) is 8.40. The van der Waals surface area contributed by atoms with Gasteiger partial charge in [-0.1, -0.05) is 121 Å². The van der Waals surface area contributed by atoms with Crippen LogP contribution in [0.25, 0.3) is 28.0 Å². The second kappa shape index (κ2) is 9.24. The lowest BCUT2D eigenvalue weighted by Crippen LogP contribution is -1.95. The Bertz CT molecular complexity index is 1540. The van der Waals surface area contributed by atoms with E-state index in [1.165, 1.54) is 0 Å². The Hall–Kier alpha value is -4.76.